The minimum Gasteiger partial charge on any atom is -0.440 e. The highest BCUT2D eigenvalue weighted by molar-refractivity contribution is 7.90. The average Bonchev–Trinajstić information content (AvgIpc) is 3.21. The molecule has 1 aliphatic rings. The van der Waals surface area contributed by atoms with Crippen LogP contribution in [0.15, 0.2) is 32.5 Å². The molecular formula is C15H18N4O6S. The van der Waals surface area contributed by atoms with E-state index in [1.807, 2.05) is 0 Å². The first-order valence-corrected chi connectivity index (χ1v) is 9.70. The lowest BCUT2D eigenvalue weighted by atomic mass is 10.2. The molecule has 0 saturated carbocycles. The smallest absolute Gasteiger partial charge is 0.289 e. The van der Waals surface area contributed by atoms with E-state index in [0.717, 1.165) is 6.26 Å². The molecule has 1 aliphatic heterocycles. The number of amides is 2. The molecule has 0 aromatic carbocycles. The third-order valence-corrected chi connectivity index (χ3v) is 5.08. The molecule has 0 aliphatic carbocycles. The number of hydrogen-bond acceptors (Lipinski definition) is 6. The van der Waals surface area contributed by atoms with Crippen LogP contribution in [0.4, 0.5) is 0 Å². The van der Waals surface area contributed by atoms with Gasteiger partial charge in [0.15, 0.2) is 5.76 Å². The number of piperazine rings is 1. The lowest BCUT2D eigenvalue weighted by Gasteiger charge is -2.34. The first-order chi connectivity index (χ1) is 12.2. The molecule has 3 heterocycles. The largest absolute Gasteiger partial charge is 0.440 e. The fourth-order valence-electron chi connectivity index (χ4n) is 2.67. The van der Waals surface area contributed by atoms with Gasteiger partial charge < -0.3 is 14.2 Å². The molecule has 3 rings (SSSR count). The minimum absolute atomic E-state index is 0.0578. The minimum atomic E-state index is -3.52. The fraction of sp³-hybridized carbons (Fsp3) is 0.400. The van der Waals surface area contributed by atoms with Crippen LogP contribution in [0.2, 0.25) is 0 Å². The van der Waals surface area contributed by atoms with Crippen LogP contribution < -0.4 is 5.56 Å². The van der Waals surface area contributed by atoms with E-state index in [0.29, 0.717) is 13.1 Å². The summed E-state index contributed by atoms with van der Waals surface area (Å²) < 4.78 is 29.2. The lowest BCUT2D eigenvalue weighted by molar-refractivity contribution is 0.0511. The van der Waals surface area contributed by atoms with Gasteiger partial charge in [0.05, 0.1) is 0 Å². The van der Waals surface area contributed by atoms with E-state index in [-0.39, 0.29) is 41.1 Å². The normalized spacial score (nSPS) is 15.3. The molecule has 26 heavy (non-hydrogen) atoms. The molecule has 2 aromatic heterocycles. The van der Waals surface area contributed by atoms with Crippen LogP contribution in [0.1, 0.15) is 21.0 Å². The van der Waals surface area contributed by atoms with Crippen molar-refractivity contribution in [2.45, 2.75) is 5.09 Å². The number of aromatic nitrogens is 2. The number of aromatic amines is 1. The molecule has 0 radical (unpaired) electrons. The molecular weight excluding hydrogens is 364 g/mol. The first-order valence-electron chi connectivity index (χ1n) is 7.81. The molecule has 0 spiro atoms. The van der Waals surface area contributed by atoms with Crippen molar-refractivity contribution in [1.29, 1.82) is 0 Å². The summed E-state index contributed by atoms with van der Waals surface area (Å²) in [6.45, 7) is 1.13. The number of sulfone groups is 1. The Balaban J connectivity index is 1.64. The van der Waals surface area contributed by atoms with Crippen molar-refractivity contribution in [1.82, 2.24) is 19.6 Å². The Labute approximate surface area is 148 Å². The Morgan fingerprint density at radius 2 is 1.65 bits per heavy atom. The highest BCUT2D eigenvalue weighted by atomic mass is 32.2. The van der Waals surface area contributed by atoms with Gasteiger partial charge in [-0.2, -0.15) is 0 Å². The summed E-state index contributed by atoms with van der Waals surface area (Å²) in [7, 11) is -2.00. The quantitative estimate of drug-likeness (QED) is 0.749. The second-order valence-electron chi connectivity index (χ2n) is 6.04. The Morgan fingerprint density at radius 1 is 1.08 bits per heavy atom. The molecule has 0 unspecified atom stereocenters. The van der Waals surface area contributed by atoms with E-state index < -0.39 is 15.7 Å². The van der Waals surface area contributed by atoms with Crippen LogP contribution >= 0.6 is 0 Å². The van der Waals surface area contributed by atoms with Crippen molar-refractivity contribution in [3.63, 3.8) is 0 Å². The van der Waals surface area contributed by atoms with Crippen LogP contribution in [0, 0.1) is 0 Å². The number of nitrogens with one attached hydrogen (secondary N) is 1. The van der Waals surface area contributed by atoms with Crippen molar-refractivity contribution in [3.8, 4) is 0 Å². The van der Waals surface area contributed by atoms with Crippen molar-refractivity contribution >= 4 is 21.7 Å². The van der Waals surface area contributed by atoms with E-state index in [4.69, 9.17) is 4.42 Å². The van der Waals surface area contributed by atoms with Crippen molar-refractivity contribution in [2.75, 3.05) is 32.4 Å². The van der Waals surface area contributed by atoms with Gasteiger partial charge in [-0.15, -0.1) is 0 Å². The summed E-state index contributed by atoms with van der Waals surface area (Å²) >= 11 is 0. The zero-order chi connectivity index (χ0) is 19.1. The van der Waals surface area contributed by atoms with Crippen molar-refractivity contribution < 1.29 is 22.4 Å². The van der Waals surface area contributed by atoms with Gasteiger partial charge in [0.25, 0.3) is 17.4 Å². The number of H-pyrrole nitrogens is 1. The zero-order valence-electron chi connectivity index (χ0n) is 14.3. The molecule has 2 aromatic rings. The first kappa shape index (κ1) is 18.0. The number of carbonyl (C=O) groups excluding carboxylic acids is 2. The van der Waals surface area contributed by atoms with Gasteiger partial charge in [-0.1, -0.05) is 0 Å². The van der Waals surface area contributed by atoms with E-state index in [1.54, 1.807) is 4.90 Å². The number of nitrogens with zero attached hydrogens (tertiary/aromatic N) is 3. The number of hydrogen-bond donors (Lipinski definition) is 1. The number of carbonyl (C=O) groups is 2. The third kappa shape index (κ3) is 3.43. The van der Waals surface area contributed by atoms with Crippen molar-refractivity contribution in [3.05, 3.63) is 40.0 Å². The van der Waals surface area contributed by atoms with Gasteiger partial charge in [0.1, 0.15) is 5.69 Å². The van der Waals surface area contributed by atoms with E-state index >= 15 is 0 Å². The van der Waals surface area contributed by atoms with Gasteiger partial charge in [0.2, 0.25) is 14.9 Å². The molecule has 140 valence electrons. The SMILES string of the molecule is Cn1[nH]c(C(=O)N2CCN(C(=O)c3ccc(S(C)(=O)=O)o3)CC2)cc1=O. The zero-order valence-corrected chi connectivity index (χ0v) is 15.1. The van der Waals surface area contributed by atoms with Crippen LogP contribution in [-0.2, 0) is 16.9 Å². The Bertz CT molecular complexity index is 1010. The summed E-state index contributed by atoms with van der Waals surface area (Å²) in [6.07, 6.45) is 0.998. The topological polar surface area (TPSA) is 126 Å². The highest BCUT2D eigenvalue weighted by Gasteiger charge is 2.28. The molecule has 11 heteroatoms. The maximum Gasteiger partial charge on any atom is 0.289 e. The lowest BCUT2D eigenvalue weighted by Crippen LogP contribution is -2.50. The molecule has 1 fully saturated rings. The van der Waals surface area contributed by atoms with Crippen molar-refractivity contribution in [2.24, 2.45) is 7.05 Å². The van der Waals surface area contributed by atoms with Crippen LogP contribution in [0.3, 0.4) is 0 Å². The average molecular weight is 382 g/mol. The maximum atomic E-state index is 12.4. The predicted molar refractivity (Wildman–Crippen MR) is 89.7 cm³/mol. The van der Waals surface area contributed by atoms with E-state index in [1.165, 1.54) is 34.8 Å². The monoisotopic (exact) mass is 382 g/mol. The van der Waals surface area contributed by atoms with Crippen LogP contribution in [-0.4, -0.2) is 72.2 Å². The van der Waals surface area contributed by atoms with E-state index in [9.17, 15) is 22.8 Å². The standard InChI is InChI=1S/C15H18N4O6S/c1-17-12(20)9-10(16-17)14(21)18-5-7-19(8-6-18)15(22)11-3-4-13(25-11)26(2,23)24/h3-4,9,16H,5-8H2,1-2H3. The summed E-state index contributed by atoms with van der Waals surface area (Å²) in [5.41, 5.74) is -0.109. The van der Waals surface area contributed by atoms with Gasteiger partial charge in [-0.3, -0.25) is 24.2 Å². The summed E-state index contributed by atoms with van der Waals surface area (Å²) in [4.78, 5) is 39.3. The fourth-order valence-corrected chi connectivity index (χ4v) is 3.23. The number of aryl methyl sites for hydroxylation is 1. The second kappa shape index (κ2) is 6.48. The maximum absolute atomic E-state index is 12.4. The van der Waals surface area contributed by atoms with Gasteiger partial charge in [0, 0.05) is 45.5 Å². The number of rotatable bonds is 3. The summed E-state index contributed by atoms with van der Waals surface area (Å²) in [5.74, 6) is -0.801. The van der Waals surface area contributed by atoms with Gasteiger partial charge in [-0.05, 0) is 12.1 Å². The molecule has 1 saturated heterocycles. The summed E-state index contributed by atoms with van der Waals surface area (Å²) in [6, 6.07) is 3.80. The van der Waals surface area contributed by atoms with Crippen LogP contribution in [0.25, 0.3) is 0 Å². The van der Waals surface area contributed by atoms with Gasteiger partial charge >= 0.3 is 0 Å². The highest BCUT2D eigenvalue weighted by Crippen LogP contribution is 2.17. The molecule has 0 bridgehead atoms. The second-order valence-corrected chi connectivity index (χ2v) is 7.99. The Hall–Kier alpha value is -2.82. The van der Waals surface area contributed by atoms with E-state index in [2.05, 4.69) is 5.10 Å². The predicted octanol–water partition coefficient (Wildman–Crippen LogP) is -0.692. The number of furan rings is 1. The van der Waals surface area contributed by atoms with Gasteiger partial charge in [-0.25, -0.2) is 8.42 Å². The molecule has 2 amide bonds. The molecule has 1 N–H and O–H groups in total. The third-order valence-electron chi connectivity index (χ3n) is 4.13. The molecule has 10 nitrogen and oxygen atoms in total. The summed E-state index contributed by atoms with van der Waals surface area (Å²) in [5, 5.41) is 2.42. The Morgan fingerprint density at radius 3 is 2.12 bits per heavy atom. The molecule has 0 atom stereocenters. The van der Waals surface area contributed by atoms with Crippen LogP contribution in [0.5, 0.6) is 0 Å². The Kier molecular flexibility index (Phi) is 4.48.